The van der Waals surface area contributed by atoms with Gasteiger partial charge in [-0.15, -0.1) is 0 Å². The number of hydrogen-bond acceptors (Lipinski definition) is 4. The van der Waals surface area contributed by atoms with Crippen LogP contribution in [0.3, 0.4) is 0 Å². The van der Waals surface area contributed by atoms with Gasteiger partial charge in [0.2, 0.25) is 0 Å². The van der Waals surface area contributed by atoms with Crippen molar-refractivity contribution in [3.63, 3.8) is 0 Å². The average Bonchev–Trinajstić information content (AvgIpc) is 3.06. The molecule has 0 saturated carbocycles. The summed E-state index contributed by atoms with van der Waals surface area (Å²) >= 11 is 6.67. The molecule has 0 aliphatic carbocycles. The highest BCUT2D eigenvalue weighted by Crippen LogP contribution is 2.37. The third-order valence-electron chi connectivity index (χ3n) is 4.63. The van der Waals surface area contributed by atoms with Crippen molar-refractivity contribution < 1.29 is 13.6 Å². The number of carbonyl (C=O) groups is 1. The third kappa shape index (κ3) is 3.80. The van der Waals surface area contributed by atoms with Gasteiger partial charge < -0.3 is 4.90 Å². The first-order valence-corrected chi connectivity index (χ1v) is 10.1. The Hall–Kier alpha value is -1.94. The Kier molecular flexibility index (Phi) is 4.95. The Labute approximate surface area is 176 Å². The summed E-state index contributed by atoms with van der Waals surface area (Å²) in [6, 6.07) is 6.76. The van der Waals surface area contributed by atoms with Crippen LogP contribution in [-0.2, 0) is 0 Å². The Morgan fingerprint density at radius 3 is 2.64 bits per heavy atom. The van der Waals surface area contributed by atoms with Crippen LogP contribution in [0.2, 0.25) is 0 Å². The highest BCUT2D eigenvalue weighted by Gasteiger charge is 2.43. The van der Waals surface area contributed by atoms with Crippen LogP contribution in [0.1, 0.15) is 34.1 Å². The van der Waals surface area contributed by atoms with Crippen molar-refractivity contribution in [3.05, 3.63) is 56.5 Å². The van der Waals surface area contributed by atoms with Gasteiger partial charge in [-0.05, 0) is 31.2 Å². The Balaban J connectivity index is 1.71. The topological polar surface area (TPSA) is 63.4 Å². The first-order chi connectivity index (χ1) is 13.2. The fourth-order valence-electron chi connectivity index (χ4n) is 3.56. The smallest absolute Gasteiger partial charge is 0.266 e. The minimum absolute atomic E-state index is 0.164. The molecular weight excluding hydrogens is 500 g/mol. The van der Waals surface area contributed by atoms with Crippen molar-refractivity contribution >= 4 is 43.5 Å². The van der Waals surface area contributed by atoms with Crippen molar-refractivity contribution in [2.75, 3.05) is 13.1 Å². The zero-order chi connectivity index (χ0) is 20.1. The first kappa shape index (κ1) is 19.4. The van der Waals surface area contributed by atoms with E-state index in [-0.39, 0.29) is 13.0 Å². The van der Waals surface area contributed by atoms with Crippen LogP contribution in [0.15, 0.2) is 39.5 Å². The molecule has 0 N–H and O–H groups in total. The monoisotopic (exact) mass is 513 g/mol. The molecule has 146 valence electrons. The van der Waals surface area contributed by atoms with E-state index in [1.807, 2.05) is 0 Å². The van der Waals surface area contributed by atoms with Gasteiger partial charge in [0, 0.05) is 39.1 Å². The Morgan fingerprint density at radius 2 is 1.93 bits per heavy atom. The highest BCUT2D eigenvalue weighted by molar-refractivity contribution is 9.11. The summed E-state index contributed by atoms with van der Waals surface area (Å²) in [5.41, 5.74) is 1.58. The van der Waals surface area contributed by atoms with Gasteiger partial charge in [-0.25, -0.2) is 18.3 Å². The molecule has 4 rings (SSSR count). The molecule has 1 aliphatic rings. The van der Waals surface area contributed by atoms with E-state index < -0.39 is 24.3 Å². The molecule has 1 fully saturated rings. The quantitative estimate of drug-likeness (QED) is 0.513. The van der Waals surface area contributed by atoms with Crippen LogP contribution in [0, 0.1) is 6.92 Å². The van der Waals surface area contributed by atoms with Crippen LogP contribution in [0.25, 0.3) is 5.78 Å². The lowest BCUT2D eigenvalue weighted by molar-refractivity contribution is -0.0641. The van der Waals surface area contributed by atoms with Gasteiger partial charge in [0.15, 0.2) is 0 Å². The van der Waals surface area contributed by atoms with Gasteiger partial charge in [-0.3, -0.25) is 4.79 Å². The number of alkyl halides is 2. The van der Waals surface area contributed by atoms with Crippen molar-refractivity contribution in [3.8, 4) is 0 Å². The predicted molar refractivity (Wildman–Crippen MR) is 106 cm³/mol. The minimum atomic E-state index is -3.01. The fourth-order valence-corrected chi connectivity index (χ4v) is 4.86. The molecule has 0 spiro atoms. The van der Waals surface area contributed by atoms with Crippen LogP contribution < -0.4 is 0 Å². The molecule has 1 amide bonds. The molecule has 2 aromatic heterocycles. The Bertz CT molecular complexity index is 1050. The second-order valence-corrected chi connectivity index (χ2v) is 8.73. The normalized spacial score (nSPS) is 19.2. The lowest BCUT2D eigenvalue weighted by Gasteiger charge is -2.37. The van der Waals surface area contributed by atoms with Gasteiger partial charge >= 0.3 is 0 Å². The van der Waals surface area contributed by atoms with Gasteiger partial charge in [-0.2, -0.15) is 10.1 Å². The number of halogens is 4. The van der Waals surface area contributed by atoms with Crippen LogP contribution in [0.5, 0.6) is 0 Å². The van der Waals surface area contributed by atoms with E-state index >= 15 is 0 Å². The maximum atomic E-state index is 14.6. The molecule has 3 aromatic rings. The molecule has 0 bridgehead atoms. The molecule has 0 radical (unpaired) electrons. The van der Waals surface area contributed by atoms with E-state index in [0.29, 0.717) is 31.7 Å². The number of aromatic nitrogens is 4. The molecule has 28 heavy (non-hydrogen) atoms. The zero-order valence-electron chi connectivity index (χ0n) is 14.7. The number of piperidine rings is 1. The number of nitrogens with zero attached hydrogens (tertiary/aromatic N) is 5. The SMILES string of the molecule is Cc1cc([C@H]2CN(C(=O)c3cc(Br)cc(Br)c3)CC(F)(F)C2)n2ncnc2n1. The third-order valence-corrected chi connectivity index (χ3v) is 5.55. The van der Waals surface area contributed by atoms with E-state index in [1.54, 1.807) is 31.2 Å². The van der Waals surface area contributed by atoms with E-state index in [4.69, 9.17) is 0 Å². The zero-order valence-corrected chi connectivity index (χ0v) is 17.9. The molecule has 1 atom stereocenters. The lowest BCUT2D eigenvalue weighted by atomic mass is 9.91. The van der Waals surface area contributed by atoms with Crippen molar-refractivity contribution in [1.82, 2.24) is 24.5 Å². The summed E-state index contributed by atoms with van der Waals surface area (Å²) in [4.78, 5) is 22.5. The van der Waals surface area contributed by atoms with E-state index in [0.717, 1.165) is 0 Å². The molecule has 1 aromatic carbocycles. The summed E-state index contributed by atoms with van der Waals surface area (Å²) in [7, 11) is 0. The first-order valence-electron chi connectivity index (χ1n) is 8.52. The maximum absolute atomic E-state index is 14.6. The number of benzene rings is 1. The predicted octanol–water partition coefficient (Wildman–Crippen LogP) is 4.22. The molecule has 1 saturated heterocycles. The number of fused-ring (bicyclic) bond motifs is 1. The number of carbonyl (C=O) groups excluding carboxylic acids is 1. The number of aryl methyl sites for hydroxylation is 1. The van der Waals surface area contributed by atoms with Gasteiger partial charge in [0.1, 0.15) is 6.33 Å². The van der Waals surface area contributed by atoms with E-state index in [1.165, 1.54) is 15.7 Å². The van der Waals surface area contributed by atoms with Crippen LogP contribution in [0.4, 0.5) is 8.78 Å². The molecule has 3 heterocycles. The van der Waals surface area contributed by atoms with Crippen molar-refractivity contribution in [2.24, 2.45) is 0 Å². The number of likely N-dealkylation sites (tertiary alicyclic amines) is 1. The van der Waals surface area contributed by atoms with E-state index in [2.05, 4.69) is 46.9 Å². The molecule has 10 heteroatoms. The molecular formula is C18H15Br2F2N5O. The van der Waals surface area contributed by atoms with E-state index in [9.17, 15) is 13.6 Å². The number of hydrogen-bond donors (Lipinski definition) is 0. The summed E-state index contributed by atoms with van der Waals surface area (Å²) in [6.45, 7) is 1.33. The summed E-state index contributed by atoms with van der Waals surface area (Å²) in [6.07, 6.45) is 0.978. The highest BCUT2D eigenvalue weighted by atomic mass is 79.9. The standard InChI is InChI=1S/C18H15Br2F2N5O/c1-10-2-15(27-17(25-10)23-9-24-27)12-6-18(21,22)8-26(7-12)16(28)11-3-13(19)5-14(20)4-11/h2-5,9,12H,6-8H2,1H3/t12-/m1/s1. The largest absolute Gasteiger partial charge is 0.332 e. The van der Waals surface area contributed by atoms with Gasteiger partial charge in [-0.1, -0.05) is 31.9 Å². The second kappa shape index (κ2) is 7.14. The summed E-state index contributed by atoms with van der Waals surface area (Å²) in [5, 5.41) is 4.12. The maximum Gasteiger partial charge on any atom is 0.266 e. The second-order valence-electron chi connectivity index (χ2n) is 6.90. The molecule has 6 nitrogen and oxygen atoms in total. The fraction of sp³-hybridized carbons (Fsp3) is 0.333. The summed E-state index contributed by atoms with van der Waals surface area (Å²) < 4.78 is 32.0. The molecule has 1 aliphatic heterocycles. The van der Waals surface area contributed by atoms with Gasteiger partial charge in [0.25, 0.3) is 17.6 Å². The van der Waals surface area contributed by atoms with Gasteiger partial charge in [0.05, 0.1) is 12.2 Å². The number of rotatable bonds is 2. The van der Waals surface area contributed by atoms with Crippen molar-refractivity contribution in [1.29, 1.82) is 0 Å². The van der Waals surface area contributed by atoms with Crippen LogP contribution in [-0.4, -0.2) is 49.4 Å². The summed E-state index contributed by atoms with van der Waals surface area (Å²) in [5.74, 6) is -3.68. The minimum Gasteiger partial charge on any atom is -0.332 e. The van der Waals surface area contributed by atoms with Crippen molar-refractivity contribution in [2.45, 2.75) is 25.2 Å². The lowest BCUT2D eigenvalue weighted by Crippen LogP contribution is -2.49. The average molecular weight is 515 g/mol. The molecule has 0 unspecified atom stereocenters. The Morgan fingerprint density at radius 1 is 1.21 bits per heavy atom. The van der Waals surface area contributed by atoms with Crippen LogP contribution >= 0.6 is 31.9 Å². The number of amides is 1.